The number of sulfonamides is 1. The molecule has 2 N–H and O–H groups in total. The second-order valence-electron chi connectivity index (χ2n) is 8.44. The van der Waals surface area contributed by atoms with E-state index >= 15 is 0 Å². The van der Waals surface area contributed by atoms with Crippen molar-refractivity contribution in [2.45, 2.75) is 57.9 Å². The van der Waals surface area contributed by atoms with Crippen LogP contribution in [-0.4, -0.2) is 47.6 Å². The number of hydrogen-bond acceptors (Lipinski definition) is 4. The Morgan fingerprint density at radius 1 is 1.20 bits per heavy atom. The van der Waals surface area contributed by atoms with Crippen molar-refractivity contribution in [3.63, 3.8) is 0 Å². The van der Waals surface area contributed by atoms with Crippen LogP contribution in [0.3, 0.4) is 0 Å². The van der Waals surface area contributed by atoms with Gasteiger partial charge in [-0.3, -0.25) is 4.79 Å². The smallest absolute Gasteiger partial charge is 0.222 e. The first-order chi connectivity index (χ1) is 14.2. The predicted molar refractivity (Wildman–Crippen MR) is 118 cm³/mol. The molecule has 1 saturated heterocycles. The van der Waals surface area contributed by atoms with E-state index in [1.165, 1.54) is 11.1 Å². The molecule has 7 nitrogen and oxygen atoms in total. The number of rotatable bonds is 8. The molecule has 1 aromatic heterocycles. The molecule has 0 atom stereocenters. The highest BCUT2D eigenvalue weighted by molar-refractivity contribution is 7.89. The number of imidazole rings is 1. The van der Waals surface area contributed by atoms with Gasteiger partial charge in [0.15, 0.2) is 0 Å². The Labute approximate surface area is 179 Å². The van der Waals surface area contributed by atoms with E-state index in [9.17, 15) is 13.2 Å². The van der Waals surface area contributed by atoms with Crippen LogP contribution in [0.2, 0.25) is 0 Å². The Hall–Kier alpha value is -2.19. The summed E-state index contributed by atoms with van der Waals surface area (Å²) in [6.45, 7) is 6.53. The Bertz CT molecular complexity index is 943. The van der Waals surface area contributed by atoms with Crippen molar-refractivity contribution in [1.82, 2.24) is 14.5 Å². The highest BCUT2D eigenvalue weighted by atomic mass is 32.2. The zero-order valence-electron chi connectivity index (χ0n) is 17.8. The van der Waals surface area contributed by atoms with Crippen LogP contribution in [0.5, 0.6) is 0 Å². The van der Waals surface area contributed by atoms with Crippen LogP contribution in [0.25, 0.3) is 0 Å². The molecule has 164 valence electrons. The summed E-state index contributed by atoms with van der Waals surface area (Å²) in [6, 6.07) is 8.75. The average molecular weight is 433 g/mol. The highest BCUT2D eigenvalue weighted by Gasteiger charge is 2.26. The van der Waals surface area contributed by atoms with Crippen LogP contribution in [0.15, 0.2) is 36.7 Å². The molecule has 0 radical (unpaired) electrons. The molecular formula is C22H32N4O3S. The van der Waals surface area contributed by atoms with Crippen molar-refractivity contribution < 1.29 is 13.2 Å². The monoisotopic (exact) mass is 432 g/mol. The maximum Gasteiger partial charge on any atom is 0.222 e. The lowest BCUT2D eigenvalue weighted by Crippen LogP contribution is -2.38. The predicted octanol–water partition coefficient (Wildman–Crippen LogP) is 2.83. The molecule has 3 rings (SSSR count). The lowest BCUT2D eigenvalue weighted by Gasteiger charge is -2.32. The topological polar surface area (TPSA) is 98.3 Å². The fourth-order valence-electron chi connectivity index (χ4n) is 3.99. The number of carbonyl (C=O) groups excluding carboxylic acids is 1. The maximum absolute atomic E-state index is 12.3. The molecule has 0 spiro atoms. The first-order valence-corrected chi connectivity index (χ1v) is 12.3. The molecule has 0 saturated carbocycles. The van der Waals surface area contributed by atoms with Gasteiger partial charge in [-0.05, 0) is 36.3 Å². The van der Waals surface area contributed by atoms with E-state index in [4.69, 9.17) is 5.14 Å². The van der Waals surface area contributed by atoms with Crippen molar-refractivity contribution in [3.05, 3.63) is 53.6 Å². The summed E-state index contributed by atoms with van der Waals surface area (Å²) < 4.78 is 24.2. The van der Waals surface area contributed by atoms with Crippen LogP contribution >= 0.6 is 0 Å². The lowest BCUT2D eigenvalue weighted by atomic mass is 9.95. The van der Waals surface area contributed by atoms with Gasteiger partial charge in [-0.2, -0.15) is 0 Å². The first-order valence-electron chi connectivity index (χ1n) is 10.6. The number of likely N-dealkylation sites (tertiary alicyclic amines) is 1. The van der Waals surface area contributed by atoms with E-state index < -0.39 is 10.0 Å². The van der Waals surface area contributed by atoms with E-state index in [0.717, 1.165) is 25.2 Å². The third-order valence-electron chi connectivity index (χ3n) is 5.78. The molecule has 1 amide bonds. The van der Waals surface area contributed by atoms with Crippen molar-refractivity contribution in [2.75, 3.05) is 18.8 Å². The van der Waals surface area contributed by atoms with E-state index in [2.05, 4.69) is 47.7 Å². The number of nitrogens with zero attached hydrogens (tertiary/aromatic N) is 3. The zero-order chi connectivity index (χ0) is 21.7. The minimum Gasteiger partial charge on any atom is -0.343 e. The summed E-state index contributed by atoms with van der Waals surface area (Å²) in [5.74, 6) is 1.78. The van der Waals surface area contributed by atoms with Gasteiger partial charge in [0.1, 0.15) is 5.82 Å². The van der Waals surface area contributed by atoms with Gasteiger partial charge in [-0.15, -0.1) is 0 Å². The van der Waals surface area contributed by atoms with Crippen LogP contribution < -0.4 is 5.14 Å². The number of benzene rings is 1. The molecule has 0 aliphatic carbocycles. The summed E-state index contributed by atoms with van der Waals surface area (Å²) in [7, 11) is -3.51. The van der Waals surface area contributed by atoms with Crippen molar-refractivity contribution >= 4 is 15.9 Å². The summed E-state index contributed by atoms with van der Waals surface area (Å²) in [5.41, 5.74) is 2.59. The number of piperidine rings is 1. The van der Waals surface area contributed by atoms with Gasteiger partial charge >= 0.3 is 0 Å². The third kappa shape index (κ3) is 6.15. The fourth-order valence-corrected chi connectivity index (χ4v) is 4.54. The third-order valence-corrected chi connectivity index (χ3v) is 6.64. The fraction of sp³-hybridized carbons (Fsp3) is 0.545. The van der Waals surface area contributed by atoms with E-state index in [1.807, 2.05) is 17.3 Å². The Morgan fingerprint density at radius 3 is 2.47 bits per heavy atom. The normalized spacial score (nSPS) is 15.7. The Kier molecular flexibility index (Phi) is 7.31. The van der Waals surface area contributed by atoms with Crippen molar-refractivity contribution in [1.29, 1.82) is 0 Å². The summed E-state index contributed by atoms with van der Waals surface area (Å²) in [4.78, 5) is 18.8. The molecule has 1 fully saturated rings. The quantitative estimate of drug-likeness (QED) is 0.693. The van der Waals surface area contributed by atoms with E-state index in [1.54, 1.807) is 0 Å². The number of primary sulfonamides is 1. The highest BCUT2D eigenvalue weighted by Crippen LogP contribution is 2.28. The van der Waals surface area contributed by atoms with Crippen LogP contribution in [0, 0.1) is 0 Å². The SMILES string of the molecule is CC(C)c1ccc(Cn2ccnc2C2CCN(C(=O)CCCS(N)(=O)=O)CC2)cc1. The van der Waals surface area contributed by atoms with Gasteiger partial charge in [-0.1, -0.05) is 38.1 Å². The minimum atomic E-state index is -3.51. The van der Waals surface area contributed by atoms with Gasteiger partial charge in [-0.25, -0.2) is 18.5 Å². The van der Waals surface area contributed by atoms with Crippen LogP contribution in [0.4, 0.5) is 0 Å². The first kappa shape index (κ1) is 22.5. The number of hydrogen-bond donors (Lipinski definition) is 1. The molecule has 0 bridgehead atoms. The molecule has 2 aromatic rings. The zero-order valence-corrected chi connectivity index (χ0v) is 18.6. The summed E-state index contributed by atoms with van der Waals surface area (Å²) in [6.07, 6.45) is 6.10. The Morgan fingerprint density at radius 2 is 1.87 bits per heavy atom. The van der Waals surface area contributed by atoms with Crippen LogP contribution in [0.1, 0.15) is 68.3 Å². The van der Waals surface area contributed by atoms with Crippen LogP contribution in [-0.2, 0) is 21.4 Å². The lowest BCUT2D eigenvalue weighted by molar-refractivity contribution is -0.132. The number of aromatic nitrogens is 2. The van der Waals surface area contributed by atoms with E-state index in [0.29, 0.717) is 24.9 Å². The van der Waals surface area contributed by atoms with Gasteiger partial charge < -0.3 is 9.47 Å². The van der Waals surface area contributed by atoms with Gasteiger partial charge in [0.05, 0.1) is 5.75 Å². The van der Waals surface area contributed by atoms with Crippen molar-refractivity contribution in [2.24, 2.45) is 5.14 Å². The molecule has 0 unspecified atom stereocenters. The minimum absolute atomic E-state index is 0.00526. The number of amides is 1. The summed E-state index contributed by atoms with van der Waals surface area (Å²) in [5, 5.41) is 5.00. The standard InChI is InChI=1S/C22H32N4O3S/c1-17(2)19-7-5-18(6-8-19)16-26-14-11-24-22(26)20-9-12-25(13-10-20)21(27)4-3-15-30(23,28)29/h5-8,11,14,17,20H,3-4,9-10,12-13,15-16H2,1-2H3,(H2,23,28,29). The molecular weight excluding hydrogens is 400 g/mol. The molecule has 1 aliphatic heterocycles. The molecule has 2 heterocycles. The largest absolute Gasteiger partial charge is 0.343 e. The Balaban J connectivity index is 1.54. The molecule has 30 heavy (non-hydrogen) atoms. The van der Waals surface area contributed by atoms with Gasteiger partial charge in [0, 0.05) is 44.4 Å². The molecule has 1 aliphatic rings. The maximum atomic E-state index is 12.3. The number of nitrogens with two attached hydrogens (primary N) is 1. The van der Waals surface area contributed by atoms with Gasteiger partial charge in [0.2, 0.25) is 15.9 Å². The van der Waals surface area contributed by atoms with Crippen molar-refractivity contribution in [3.8, 4) is 0 Å². The summed E-state index contributed by atoms with van der Waals surface area (Å²) >= 11 is 0. The van der Waals surface area contributed by atoms with E-state index in [-0.39, 0.29) is 24.5 Å². The second kappa shape index (κ2) is 9.75. The molecule has 1 aromatic carbocycles. The average Bonchev–Trinajstić information content (AvgIpc) is 3.15. The van der Waals surface area contributed by atoms with Gasteiger partial charge in [0.25, 0.3) is 0 Å². The molecule has 8 heteroatoms. The number of carbonyl (C=O) groups is 1. The second-order valence-corrected chi connectivity index (χ2v) is 10.2.